The van der Waals surface area contributed by atoms with Gasteiger partial charge in [-0.05, 0) is 48.8 Å². The van der Waals surface area contributed by atoms with Crippen LogP contribution in [0, 0.1) is 11.3 Å². The number of fused-ring (bicyclic) bond motifs is 1. The van der Waals surface area contributed by atoms with Crippen molar-refractivity contribution in [2.45, 2.75) is 45.1 Å². The van der Waals surface area contributed by atoms with Gasteiger partial charge in [0, 0.05) is 32.4 Å². The van der Waals surface area contributed by atoms with E-state index in [1.807, 2.05) is 0 Å². The predicted molar refractivity (Wildman–Crippen MR) is 102 cm³/mol. The molecule has 1 aliphatic heterocycles. The van der Waals surface area contributed by atoms with Crippen LogP contribution in [-0.2, 0) is 17.6 Å². The summed E-state index contributed by atoms with van der Waals surface area (Å²) in [4.78, 5) is 14.3. The molecule has 0 bridgehead atoms. The number of nitriles is 1. The molecule has 0 radical (unpaired) electrons. The van der Waals surface area contributed by atoms with E-state index in [0.717, 1.165) is 25.9 Å². The minimum absolute atomic E-state index is 0.112. The molecule has 1 saturated heterocycles. The van der Waals surface area contributed by atoms with E-state index in [1.54, 1.807) is 11.1 Å². The van der Waals surface area contributed by atoms with Crippen molar-refractivity contribution in [2.75, 3.05) is 26.2 Å². The Morgan fingerprint density at radius 3 is 2.73 bits per heavy atom. The molecule has 3 rings (SSSR count). The molecule has 5 heteroatoms. The second-order valence-corrected chi connectivity index (χ2v) is 7.07. The van der Waals surface area contributed by atoms with E-state index in [0.29, 0.717) is 13.1 Å². The SMILES string of the molecule is CCC(N/C=C(/C#N)C(=O)N1CCNCC1)c1ccc2c(c1)CCCC2. The molecule has 1 unspecified atom stereocenters. The van der Waals surface area contributed by atoms with Crippen molar-refractivity contribution in [3.63, 3.8) is 0 Å². The van der Waals surface area contributed by atoms with E-state index < -0.39 is 0 Å². The summed E-state index contributed by atoms with van der Waals surface area (Å²) in [6.45, 7) is 4.99. The Balaban J connectivity index is 1.71. The van der Waals surface area contributed by atoms with Crippen LogP contribution in [0.25, 0.3) is 0 Å². The molecule has 5 nitrogen and oxygen atoms in total. The summed E-state index contributed by atoms with van der Waals surface area (Å²) in [5, 5.41) is 16.0. The summed E-state index contributed by atoms with van der Waals surface area (Å²) in [6, 6.07) is 8.91. The quantitative estimate of drug-likeness (QED) is 0.631. The highest BCUT2D eigenvalue weighted by Crippen LogP contribution is 2.26. The van der Waals surface area contributed by atoms with E-state index in [2.05, 4.69) is 41.8 Å². The molecule has 1 aliphatic carbocycles. The zero-order valence-corrected chi connectivity index (χ0v) is 15.6. The average molecular weight is 352 g/mol. The van der Waals surface area contributed by atoms with Gasteiger partial charge in [0.1, 0.15) is 11.6 Å². The molecular formula is C21H28N4O. The smallest absolute Gasteiger partial charge is 0.266 e. The second-order valence-electron chi connectivity index (χ2n) is 7.07. The molecule has 1 amide bonds. The molecule has 1 fully saturated rings. The number of benzene rings is 1. The van der Waals surface area contributed by atoms with E-state index in [4.69, 9.17) is 0 Å². The van der Waals surface area contributed by atoms with Gasteiger partial charge >= 0.3 is 0 Å². The highest BCUT2D eigenvalue weighted by atomic mass is 16.2. The van der Waals surface area contributed by atoms with Gasteiger partial charge in [-0.3, -0.25) is 4.79 Å². The van der Waals surface area contributed by atoms with Crippen LogP contribution in [0.5, 0.6) is 0 Å². The number of hydrogen-bond acceptors (Lipinski definition) is 4. The van der Waals surface area contributed by atoms with E-state index in [1.165, 1.54) is 36.0 Å². The number of aryl methyl sites for hydroxylation is 2. The van der Waals surface area contributed by atoms with Crippen LogP contribution in [0.2, 0.25) is 0 Å². The Kier molecular flexibility index (Phi) is 6.30. The molecular weight excluding hydrogens is 324 g/mol. The summed E-state index contributed by atoms with van der Waals surface area (Å²) in [6.07, 6.45) is 7.38. The van der Waals surface area contributed by atoms with E-state index in [9.17, 15) is 10.1 Å². The lowest BCUT2D eigenvalue weighted by atomic mass is 9.89. The molecule has 0 saturated carbocycles. The van der Waals surface area contributed by atoms with Crippen molar-refractivity contribution in [3.05, 3.63) is 46.7 Å². The lowest BCUT2D eigenvalue weighted by Gasteiger charge is -2.27. The van der Waals surface area contributed by atoms with Gasteiger partial charge in [0.2, 0.25) is 0 Å². The molecule has 1 atom stereocenters. The number of piperazine rings is 1. The first-order valence-corrected chi connectivity index (χ1v) is 9.71. The Morgan fingerprint density at radius 1 is 1.31 bits per heavy atom. The number of nitrogens with one attached hydrogen (secondary N) is 2. The van der Waals surface area contributed by atoms with E-state index in [-0.39, 0.29) is 17.5 Å². The van der Waals surface area contributed by atoms with Crippen LogP contribution in [0.4, 0.5) is 0 Å². The fourth-order valence-corrected chi connectivity index (χ4v) is 3.78. The fraction of sp³-hybridized carbons (Fsp3) is 0.524. The first kappa shape index (κ1) is 18.5. The number of rotatable bonds is 5. The molecule has 0 spiro atoms. The van der Waals surface area contributed by atoms with Crippen LogP contribution >= 0.6 is 0 Å². The Hall–Kier alpha value is -2.32. The molecule has 2 N–H and O–H groups in total. The van der Waals surface area contributed by atoms with Gasteiger partial charge in [-0.15, -0.1) is 0 Å². The normalized spacial score (nSPS) is 18.6. The maximum absolute atomic E-state index is 12.5. The molecule has 26 heavy (non-hydrogen) atoms. The summed E-state index contributed by atoms with van der Waals surface area (Å²) in [5.41, 5.74) is 4.34. The largest absolute Gasteiger partial charge is 0.383 e. The maximum Gasteiger partial charge on any atom is 0.266 e. The van der Waals surface area contributed by atoms with Crippen molar-refractivity contribution >= 4 is 5.91 Å². The lowest BCUT2D eigenvalue weighted by Crippen LogP contribution is -2.46. The fourth-order valence-electron chi connectivity index (χ4n) is 3.78. The lowest BCUT2D eigenvalue weighted by molar-refractivity contribution is -0.127. The van der Waals surface area contributed by atoms with Crippen LogP contribution in [0.1, 0.15) is 48.9 Å². The minimum atomic E-state index is -0.179. The number of nitrogens with zero attached hydrogens (tertiary/aromatic N) is 2. The monoisotopic (exact) mass is 352 g/mol. The van der Waals surface area contributed by atoms with Gasteiger partial charge in [0.05, 0.1) is 6.04 Å². The standard InChI is InChI=1S/C21H28N4O/c1-2-20(18-8-7-16-5-3-4-6-17(16)13-18)24-15-19(14-22)21(26)25-11-9-23-10-12-25/h7-8,13,15,20,23-24H,2-6,9-12H2,1H3/b19-15-. The molecule has 1 aromatic rings. The Morgan fingerprint density at radius 2 is 2.04 bits per heavy atom. The zero-order chi connectivity index (χ0) is 18.4. The summed E-state index contributed by atoms with van der Waals surface area (Å²) in [7, 11) is 0. The molecule has 0 aromatic heterocycles. The average Bonchev–Trinajstić information content (AvgIpc) is 2.71. The highest BCUT2D eigenvalue weighted by Gasteiger charge is 2.20. The van der Waals surface area contributed by atoms with Crippen molar-refractivity contribution in [1.29, 1.82) is 5.26 Å². The molecule has 2 aliphatic rings. The third-order valence-corrected chi connectivity index (χ3v) is 5.37. The molecule has 1 aromatic carbocycles. The molecule has 1 heterocycles. The first-order chi connectivity index (χ1) is 12.7. The zero-order valence-electron chi connectivity index (χ0n) is 15.6. The van der Waals surface area contributed by atoms with Gasteiger partial charge in [0.25, 0.3) is 5.91 Å². The number of carbonyl (C=O) groups is 1. The first-order valence-electron chi connectivity index (χ1n) is 9.71. The predicted octanol–water partition coefficient (Wildman–Crippen LogP) is 2.45. The van der Waals surface area contributed by atoms with Crippen LogP contribution in [0.15, 0.2) is 30.0 Å². The summed E-state index contributed by atoms with van der Waals surface area (Å²) in [5.74, 6) is -0.179. The van der Waals surface area contributed by atoms with Crippen LogP contribution < -0.4 is 10.6 Å². The highest BCUT2D eigenvalue weighted by molar-refractivity contribution is 5.97. The Bertz CT molecular complexity index is 713. The third kappa shape index (κ3) is 4.25. The number of hydrogen-bond donors (Lipinski definition) is 2. The van der Waals surface area contributed by atoms with Crippen molar-refractivity contribution < 1.29 is 4.79 Å². The van der Waals surface area contributed by atoms with Crippen molar-refractivity contribution in [1.82, 2.24) is 15.5 Å². The summed E-state index contributed by atoms with van der Waals surface area (Å²) >= 11 is 0. The maximum atomic E-state index is 12.5. The Labute approximate surface area is 156 Å². The number of carbonyl (C=O) groups excluding carboxylic acids is 1. The van der Waals surface area contributed by atoms with Crippen molar-refractivity contribution in [3.8, 4) is 6.07 Å². The second kappa shape index (κ2) is 8.86. The summed E-state index contributed by atoms with van der Waals surface area (Å²) < 4.78 is 0. The van der Waals surface area contributed by atoms with E-state index >= 15 is 0 Å². The van der Waals surface area contributed by atoms with Crippen LogP contribution in [0.3, 0.4) is 0 Å². The topological polar surface area (TPSA) is 68.2 Å². The molecule has 138 valence electrons. The third-order valence-electron chi connectivity index (χ3n) is 5.37. The minimum Gasteiger partial charge on any atom is -0.383 e. The van der Waals surface area contributed by atoms with Gasteiger partial charge < -0.3 is 15.5 Å². The van der Waals surface area contributed by atoms with Gasteiger partial charge in [-0.1, -0.05) is 25.1 Å². The van der Waals surface area contributed by atoms with Gasteiger partial charge in [-0.25, -0.2) is 0 Å². The number of amides is 1. The van der Waals surface area contributed by atoms with Gasteiger partial charge in [-0.2, -0.15) is 5.26 Å². The van der Waals surface area contributed by atoms with Crippen LogP contribution in [-0.4, -0.2) is 37.0 Å². The van der Waals surface area contributed by atoms with Gasteiger partial charge in [0.15, 0.2) is 0 Å². The van der Waals surface area contributed by atoms with Crippen molar-refractivity contribution in [2.24, 2.45) is 0 Å².